The van der Waals surface area contributed by atoms with E-state index >= 15 is 0 Å². The average Bonchev–Trinajstić information content (AvgIpc) is 3.18. The van der Waals surface area contributed by atoms with Gasteiger partial charge in [0.25, 0.3) is 5.91 Å². The van der Waals surface area contributed by atoms with Crippen LogP contribution in [-0.2, 0) is 10.0 Å². The molecule has 1 aliphatic heterocycles. The Labute approximate surface area is 189 Å². The number of nitrogens with one attached hydrogen (secondary N) is 2. The van der Waals surface area contributed by atoms with Gasteiger partial charge in [0.15, 0.2) is 0 Å². The molecule has 1 aromatic carbocycles. The largest absolute Gasteiger partial charge is 0.495 e. The number of benzene rings is 1. The van der Waals surface area contributed by atoms with E-state index in [2.05, 4.69) is 15.5 Å². The first-order valence-corrected chi connectivity index (χ1v) is 13.0. The predicted molar refractivity (Wildman–Crippen MR) is 122 cm³/mol. The van der Waals surface area contributed by atoms with Gasteiger partial charge in [-0.3, -0.25) is 9.89 Å². The standard InChI is InChI=1S/C23H32N4O4S/c1-31-21-12-11-17(15-22(21)32(29,30)27-13-7-4-8-14-27)19-16-20(26-25-19)23(28)24-18-9-5-2-3-6-10-18/h11-12,15-16,18H,2-10,13-14H2,1H3,(H,24,28)(H,25,26). The van der Waals surface area contributed by atoms with Gasteiger partial charge in [-0.25, -0.2) is 8.42 Å². The molecule has 1 aliphatic carbocycles. The zero-order valence-corrected chi connectivity index (χ0v) is 19.4. The number of nitrogens with zero attached hydrogens (tertiary/aromatic N) is 2. The summed E-state index contributed by atoms with van der Waals surface area (Å²) in [5, 5.41) is 10.2. The highest BCUT2D eigenvalue weighted by Gasteiger charge is 2.29. The molecule has 2 aromatic rings. The van der Waals surface area contributed by atoms with Crippen molar-refractivity contribution in [3.05, 3.63) is 30.0 Å². The molecule has 1 aromatic heterocycles. The molecule has 9 heteroatoms. The number of aromatic nitrogens is 2. The molecule has 2 N–H and O–H groups in total. The third-order valence-corrected chi connectivity index (χ3v) is 8.32. The Balaban J connectivity index is 1.56. The van der Waals surface area contributed by atoms with Gasteiger partial charge in [0.05, 0.1) is 12.8 Å². The van der Waals surface area contributed by atoms with Crippen LogP contribution in [0.1, 0.15) is 68.3 Å². The summed E-state index contributed by atoms with van der Waals surface area (Å²) in [6.45, 7) is 1.03. The van der Waals surface area contributed by atoms with E-state index in [1.54, 1.807) is 24.3 Å². The van der Waals surface area contributed by atoms with E-state index in [1.165, 1.54) is 24.3 Å². The van der Waals surface area contributed by atoms with Gasteiger partial charge in [0.2, 0.25) is 10.0 Å². The molecule has 2 heterocycles. The van der Waals surface area contributed by atoms with E-state index in [-0.39, 0.29) is 16.8 Å². The van der Waals surface area contributed by atoms with Crippen molar-refractivity contribution in [2.75, 3.05) is 20.2 Å². The fraction of sp³-hybridized carbons (Fsp3) is 0.565. The number of ether oxygens (including phenoxy) is 1. The van der Waals surface area contributed by atoms with Crippen LogP contribution in [0.25, 0.3) is 11.3 Å². The van der Waals surface area contributed by atoms with Crippen LogP contribution < -0.4 is 10.1 Å². The van der Waals surface area contributed by atoms with Crippen LogP contribution in [-0.4, -0.2) is 55.1 Å². The highest BCUT2D eigenvalue weighted by molar-refractivity contribution is 7.89. The quantitative estimate of drug-likeness (QED) is 0.640. The Hall–Kier alpha value is -2.39. The third kappa shape index (κ3) is 4.99. The number of hydrogen-bond donors (Lipinski definition) is 2. The van der Waals surface area contributed by atoms with Crippen molar-refractivity contribution in [2.24, 2.45) is 0 Å². The molecule has 2 fully saturated rings. The number of sulfonamides is 1. The van der Waals surface area contributed by atoms with E-state index < -0.39 is 10.0 Å². The summed E-state index contributed by atoms with van der Waals surface area (Å²) in [7, 11) is -2.21. The number of hydrogen-bond acceptors (Lipinski definition) is 5. The second-order valence-electron chi connectivity index (χ2n) is 8.66. The zero-order valence-electron chi connectivity index (χ0n) is 18.6. The lowest BCUT2D eigenvalue weighted by molar-refractivity contribution is 0.0928. The summed E-state index contributed by atoms with van der Waals surface area (Å²) < 4.78 is 33.4. The van der Waals surface area contributed by atoms with Gasteiger partial charge >= 0.3 is 0 Å². The minimum absolute atomic E-state index is 0.131. The summed E-state index contributed by atoms with van der Waals surface area (Å²) in [5.74, 6) is 0.131. The van der Waals surface area contributed by atoms with Gasteiger partial charge in [-0.15, -0.1) is 0 Å². The second kappa shape index (κ2) is 10.0. The highest BCUT2D eigenvalue weighted by Crippen LogP contribution is 2.32. The van der Waals surface area contributed by atoms with Gasteiger partial charge in [-0.2, -0.15) is 9.40 Å². The Bertz CT molecular complexity index is 1040. The highest BCUT2D eigenvalue weighted by atomic mass is 32.2. The van der Waals surface area contributed by atoms with Crippen LogP contribution in [0.2, 0.25) is 0 Å². The van der Waals surface area contributed by atoms with E-state index in [0.29, 0.717) is 35.8 Å². The molecule has 1 saturated heterocycles. The van der Waals surface area contributed by atoms with Gasteiger partial charge in [0.1, 0.15) is 16.3 Å². The topological polar surface area (TPSA) is 104 Å². The molecule has 174 valence electrons. The van der Waals surface area contributed by atoms with Crippen LogP contribution >= 0.6 is 0 Å². The number of amides is 1. The molecular weight excluding hydrogens is 428 g/mol. The fourth-order valence-electron chi connectivity index (χ4n) is 4.55. The van der Waals surface area contributed by atoms with E-state index in [0.717, 1.165) is 44.9 Å². The molecule has 1 amide bonds. The van der Waals surface area contributed by atoms with E-state index in [1.807, 2.05) is 0 Å². The molecule has 0 radical (unpaired) electrons. The minimum atomic E-state index is -3.68. The van der Waals surface area contributed by atoms with E-state index in [4.69, 9.17) is 4.74 Å². The van der Waals surface area contributed by atoms with Gasteiger partial charge < -0.3 is 10.1 Å². The van der Waals surface area contributed by atoms with Gasteiger partial charge in [-0.1, -0.05) is 32.1 Å². The van der Waals surface area contributed by atoms with Gasteiger partial charge in [0, 0.05) is 24.7 Å². The molecular formula is C23H32N4O4S. The third-order valence-electron chi connectivity index (χ3n) is 6.41. The SMILES string of the molecule is COc1ccc(-c2cc(C(=O)NC3CCCCCC3)[nH]n2)cc1S(=O)(=O)N1CCCCC1. The number of piperidine rings is 1. The second-order valence-corrected chi connectivity index (χ2v) is 10.6. The Morgan fingerprint density at radius 2 is 1.75 bits per heavy atom. The van der Waals surface area contributed by atoms with Crippen LogP contribution in [0.3, 0.4) is 0 Å². The summed E-state index contributed by atoms with van der Waals surface area (Å²) in [5.41, 5.74) is 1.51. The Morgan fingerprint density at radius 1 is 1.06 bits per heavy atom. The van der Waals surface area contributed by atoms with Crippen molar-refractivity contribution in [2.45, 2.75) is 68.7 Å². The molecule has 2 aliphatic rings. The molecule has 1 saturated carbocycles. The maximum atomic E-state index is 13.3. The lowest BCUT2D eigenvalue weighted by Gasteiger charge is -2.26. The lowest BCUT2D eigenvalue weighted by atomic mass is 10.1. The fourth-order valence-corrected chi connectivity index (χ4v) is 6.25. The van der Waals surface area contributed by atoms with Crippen molar-refractivity contribution >= 4 is 15.9 Å². The average molecular weight is 461 g/mol. The van der Waals surface area contributed by atoms with Crippen molar-refractivity contribution in [3.8, 4) is 17.0 Å². The number of methoxy groups -OCH3 is 1. The maximum Gasteiger partial charge on any atom is 0.269 e. The minimum Gasteiger partial charge on any atom is -0.495 e. The Kier molecular flexibility index (Phi) is 7.15. The lowest BCUT2D eigenvalue weighted by Crippen LogP contribution is -2.35. The smallest absolute Gasteiger partial charge is 0.269 e. The molecule has 0 spiro atoms. The van der Waals surface area contributed by atoms with Crippen molar-refractivity contribution < 1.29 is 17.9 Å². The Morgan fingerprint density at radius 3 is 2.44 bits per heavy atom. The summed E-state index contributed by atoms with van der Waals surface area (Å²) in [6, 6.07) is 6.86. The first-order valence-electron chi connectivity index (χ1n) is 11.5. The number of rotatable bonds is 6. The van der Waals surface area contributed by atoms with Crippen LogP contribution in [0.4, 0.5) is 0 Å². The van der Waals surface area contributed by atoms with Crippen LogP contribution in [0.5, 0.6) is 5.75 Å². The number of aromatic amines is 1. The molecule has 0 atom stereocenters. The zero-order chi connectivity index (χ0) is 22.6. The van der Waals surface area contributed by atoms with Crippen LogP contribution in [0.15, 0.2) is 29.2 Å². The monoisotopic (exact) mass is 460 g/mol. The van der Waals surface area contributed by atoms with Crippen LogP contribution in [0, 0.1) is 0 Å². The first-order chi connectivity index (χ1) is 15.5. The molecule has 0 unspecified atom stereocenters. The summed E-state index contributed by atoms with van der Waals surface area (Å²) >= 11 is 0. The molecule has 8 nitrogen and oxygen atoms in total. The maximum absolute atomic E-state index is 13.3. The predicted octanol–water partition coefficient (Wildman–Crippen LogP) is 3.71. The molecule has 0 bridgehead atoms. The summed E-state index contributed by atoms with van der Waals surface area (Å²) in [6.07, 6.45) is 9.49. The van der Waals surface area contributed by atoms with Crippen molar-refractivity contribution in [3.63, 3.8) is 0 Å². The molecule has 4 rings (SSSR count). The van der Waals surface area contributed by atoms with E-state index in [9.17, 15) is 13.2 Å². The van der Waals surface area contributed by atoms with Crippen molar-refractivity contribution in [1.29, 1.82) is 0 Å². The van der Waals surface area contributed by atoms with Gasteiger partial charge in [-0.05, 0) is 49.9 Å². The number of carbonyl (C=O) groups excluding carboxylic acids is 1. The first kappa shape index (κ1) is 22.8. The normalized spacial score (nSPS) is 18.8. The number of H-pyrrole nitrogens is 1. The van der Waals surface area contributed by atoms with Crippen molar-refractivity contribution in [1.82, 2.24) is 19.8 Å². The molecule has 32 heavy (non-hydrogen) atoms. The number of carbonyl (C=O) groups is 1. The summed E-state index contributed by atoms with van der Waals surface area (Å²) in [4.78, 5) is 12.8.